The number of nitrogens with one attached hydrogen (secondary N) is 1. The zero-order chi connectivity index (χ0) is 19.5. The number of carbonyl (C=O) groups is 2. The van der Waals surface area contributed by atoms with Crippen molar-refractivity contribution in [2.45, 2.75) is 64.1 Å². The van der Waals surface area contributed by atoms with E-state index in [-0.39, 0.29) is 18.2 Å². The minimum atomic E-state index is -0.0716. The molecule has 0 aliphatic heterocycles. The molecule has 7 heteroatoms. The van der Waals surface area contributed by atoms with Crippen LogP contribution in [0, 0.1) is 0 Å². The predicted molar refractivity (Wildman–Crippen MR) is 104 cm³/mol. The number of amides is 2. The second-order valence-electron chi connectivity index (χ2n) is 7.80. The maximum absolute atomic E-state index is 12.3. The first kappa shape index (κ1) is 18.7. The zero-order valence-corrected chi connectivity index (χ0v) is 16.3. The molecule has 1 N–H and O–H groups in total. The van der Waals surface area contributed by atoms with E-state index in [4.69, 9.17) is 0 Å². The molecule has 1 heterocycles. The van der Waals surface area contributed by atoms with Gasteiger partial charge < -0.3 is 14.8 Å². The average molecular weight is 381 g/mol. The first-order valence-corrected chi connectivity index (χ1v) is 10.1. The average Bonchev–Trinajstić information content (AvgIpc) is 3.62. The van der Waals surface area contributed by atoms with Crippen LogP contribution in [0.2, 0.25) is 0 Å². The van der Waals surface area contributed by atoms with Gasteiger partial charge >= 0.3 is 0 Å². The van der Waals surface area contributed by atoms with E-state index in [2.05, 4.69) is 20.1 Å². The SMILES string of the molecule is CC(=O)N(CCC(=O)NCc1nnc(C2CC2)n1C1CC1)Cc1ccccc1. The summed E-state index contributed by atoms with van der Waals surface area (Å²) in [5.74, 6) is 2.40. The molecule has 1 aromatic carbocycles. The van der Waals surface area contributed by atoms with Gasteiger partial charge in [-0.2, -0.15) is 0 Å². The topological polar surface area (TPSA) is 80.1 Å². The van der Waals surface area contributed by atoms with E-state index in [1.54, 1.807) is 11.8 Å². The maximum atomic E-state index is 12.3. The fourth-order valence-electron chi connectivity index (χ4n) is 3.46. The molecule has 4 rings (SSSR count). The molecule has 148 valence electrons. The van der Waals surface area contributed by atoms with Crippen LogP contribution < -0.4 is 5.32 Å². The Labute approximate surface area is 165 Å². The minimum Gasteiger partial charge on any atom is -0.349 e. The van der Waals surface area contributed by atoms with Crippen LogP contribution in [-0.4, -0.2) is 38.0 Å². The first-order chi connectivity index (χ1) is 13.6. The standard InChI is InChI=1S/C21H27N5O2/c1-15(27)25(14-16-5-3-2-4-6-16)12-11-20(28)22-13-19-23-24-21(17-7-8-17)26(19)18-9-10-18/h2-6,17-18H,7-14H2,1H3,(H,22,28). The van der Waals surface area contributed by atoms with Crippen molar-refractivity contribution in [3.8, 4) is 0 Å². The fraction of sp³-hybridized carbons (Fsp3) is 0.524. The molecular formula is C21H27N5O2. The fourth-order valence-corrected chi connectivity index (χ4v) is 3.46. The van der Waals surface area contributed by atoms with Gasteiger partial charge in [-0.3, -0.25) is 9.59 Å². The van der Waals surface area contributed by atoms with Crippen LogP contribution in [0.5, 0.6) is 0 Å². The van der Waals surface area contributed by atoms with E-state index < -0.39 is 0 Å². The van der Waals surface area contributed by atoms with Gasteiger partial charge in [-0.05, 0) is 31.2 Å². The smallest absolute Gasteiger partial charge is 0.222 e. The lowest BCUT2D eigenvalue weighted by Crippen LogP contribution is -2.33. The quantitative estimate of drug-likeness (QED) is 0.724. The van der Waals surface area contributed by atoms with Crippen molar-refractivity contribution < 1.29 is 9.59 Å². The summed E-state index contributed by atoms with van der Waals surface area (Å²) in [5, 5.41) is 11.6. The molecule has 2 fully saturated rings. The molecule has 0 atom stereocenters. The van der Waals surface area contributed by atoms with Gasteiger partial charge in [0.15, 0.2) is 5.82 Å². The van der Waals surface area contributed by atoms with E-state index in [1.807, 2.05) is 30.3 Å². The third kappa shape index (κ3) is 4.58. The van der Waals surface area contributed by atoms with Gasteiger partial charge in [-0.25, -0.2) is 0 Å². The summed E-state index contributed by atoms with van der Waals surface area (Å²) in [6.45, 7) is 2.86. The highest BCUT2D eigenvalue weighted by atomic mass is 16.2. The molecule has 2 aliphatic rings. The lowest BCUT2D eigenvalue weighted by molar-refractivity contribution is -0.130. The molecule has 0 radical (unpaired) electrons. The summed E-state index contributed by atoms with van der Waals surface area (Å²) < 4.78 is 2.25. The number of nitrogens with zero attached hydrogens (tertiary/aromatic N) is 4. The largest absolute Gasteiger partial charge is 0.349 e. The van der Waals surface area contributed by atoms with Crippen LogP contribution in [0.3, 0.4) is 0 Å². The Kier molecular flexibility index (Phi) is 5.41. The molecule has 7 nitrogen and oxygen atoms in total. The minimum absolute atomic E-state index is 0.0285. The summed E-state index contributed by atoms with van der Waals surface area (Å²) in [6.07, 6.45) is 5.01. The van der Waals surface area contributed by atoms with Gasteiger partial charge in [0.1, 0.15) is 5.82 Å². The van der Waals surface area contributed by atoms with Crippen molar-refractivity contribution in [2.24, 2.45) is 0 Å². The van der Waals surface area contributed by atoms with Gasteiger partial charge in [-0.15, -0.1) is 10.2 Å². The number of hydrogen-bond donors (Lipinski definition) is 1. The summed E-state index contributed by atoms with van der Waals surface area (Å²) in [7, 11) is 0. The van der Waals surface area contributed by atoms with Gasteiger partial charge in [0, 0.05) is 38.4 Å². The number of carbonyl (C=O) groups excluding carboxylic acids is 2. The van der Waals surface area contributed by atoms with E-state index in [0.29, 0.717) is 31.6 Å². The van der Waals surface area contributed by atoms with Gasteiger partial charge in [0.2, 0.25) is 11.8 Å². The highest BCUT2D eigenvalue weighted by Gasteiger charge is 2.36. The monoisotopic (exact) mass is 381 g/mol. The van der Waals surface area contributed by atoms with Crippen LogP contribution in [-0.2, 0) is 22.7 Å². The summed E-state index contributed by atoms with van der Waals surface area (Å²) in [4.78, 5) is 26.0. The molecule has 1 aromatic heterocycles. The van der Waals surface area contributed by atoms with Crippen LogP contribution in [0.4, 0.5) is 0 Å². The molecule has 0 unspecified atom stereocenters. The van der Waals surface area contributed by atoms with Crippen molar-refractivity contribution in [3.63, 3.8) is 0 Å². The zero-order valence-electron chi connectivity index (χ0n) is 16.3. The van der Waals surface area contributed by atoms with Crippen molar-refractivity contribution in [1.82, 2.24) is 25.0 Å². The molecular weight excluding hydrogens is 354 g/mol. The van der Waals surface area contributed by atoms with Crippen LogP contribution in [0.1, 0.15) is 68.2 Å². The number of hydrogen-bond acceptors (Lipinski definition) is 4. The Bertz CT molecular complexity index is 840. The second kappa shape index (κ2) is 8.12. The van der Waals surface area contributed by atoms with Crippen molar-refractivity contribution in [1.29, 1.82) is 0 Å². The van der Waals surface area contributed by atoms with Crippen molar-refractivity contribution >= 4 is 11.8 Å². The Morgan fingerprint density at radius 2 is 1.89 bits per heavy atom. The van der Waals surface area contributed by atoms with Crippen LogP contribution in [0.25, 0.3) is 0 Å². The molecule has 0 bridgehead atoms. The van der Waals surface area contributed by atoms with Crippen LogP contribution in [0.15, 0.2) is 30.3 Å². The van der Waals surface area contributed by atoms with E-state index in [1.165, 1.54) is 25.7 Å². The molecule has 2 aromatic rings. The highest BCUT2D eigenvalue weighted by molar-refractivity contribution is 5.77. The molecule has 2 saturated carbocycles. The highest BCUT2D eigenvalue weighted by Crippen LogP contribution is 2.44. The molecule has 28 heavy (non-hydrogen) atoms. The number of benzene rings is 1. The van der Waals surface area contributed by atoms with Gasteiger partial charge in [-0.1, -0.05) is 30.3 Å². The van der Waals surface area contributed by atoms with Crippen molar-refractivity contribution in [3.05, 3.63) is 47.5 Å². The lowest BCUT2D eigenvalue weighted by atomic mass is 10.2. The summed E-state index contributed by atoms with van der Waals surface area (Å²) in [6, 6.07) is 10.3. The molecule has 0 spiro atoms. The number of rotatable bonds is 9. The third-order valence-electron chi connectivity index (χ3n) is 5.36. The normalized spacial score (nSPS) is 16.0. The second-order valence-corrected chi connectivity index (χ2v) is 7.80. The molecule has 2 amide bonds. The summed E-state index contributed by atoms with van der Waals surface area (Å²) in [5.41, 5.74) is 1.06. The van der Waals surface area contributed by atoms with E-state index >= 15 is 0 Å². The van der Waals surface area contributed by atoms with Crippen LogP contribution >= 0.6 is 0 Å². The maximum Gasteiger partial charge on any atom is 0.222 e. The van der Waals surface area contributed by atoms with Crippen molar-refractivity contribution in [2.75, 3.05) is 6.54 Å². The Morgan fingerprint density at radius 1 is 1.14 bits per heavy atom. The first-order valence-electron chi connectivity index (χ1n) is 10.1. The predicted octanol–water partition coefficient (Wildman–Crippen LogP) is 2.55. The van der Waals surface area contributed by atoms with Gasteiger partial charge in [0.05, 0.1) is 6.54 Å². The van der Waals surface area contributed by atoms with E-state index in [9.17, 15) is 9.59 Å². The number of aromatic nitrogens is 3. The van der Waals surface area contributed by atoms with Gasteiger partial charge in [0.25, 0.3) is 0 Å². The Morgan fingerprint density at radius 3 is 2.54 bits per heavy atom. The summed E-state index contributed by atoms with van der Waals surface area (Å²) >= 11 is 0. The lowest BCUT2D eigenvalue weighted by Gasteiger charge is -2.21. The third-order valence-corrected chi connectivity index (χ3v) is 5.36. The Balaban J connectivity index is 1.29. The Hall–Kier alpha value is -2.70. The van der Waals surface area contributed by atoms with E-state index in [0.717, 1.165) is 17.2 Å². The molecule has 0 saturated heterocycles. The molecule has 2 aliphatic carbocycles.